The molecule has 4 rings (SSSR count). The van der Waals surface area contributed by atoms with E-state index in [9.17, 15) is 9.18 Å². The second-order valence-corrected chi connectivity index (χ2v) is 10.2. The molecule has 0 radical (unpaired) electrons. The van der Waals surface area contributed by atoms with Crippen LogP contribution in [0.2, 0.25) is 0 Å². The van der Waals surface area contributed by atoms with Gasteiger partial charge in [0.05, 0.1) is 11.4 Å². The van der Waals surface area contributed by atoms with Crippen LogP contribution in [0.5, 0.6) is 11.5 Å². The number of thioether (sulfide) groups is 1. The highest BCUT2D eigenvalue weighted by Gasteiger charge is 2.27. The number of carbonyl (C=O) groups excluding carboxylic acids is 1. The van der Waals surface area contributed by atoms with Crippen LogP contribution in [0.1, 0.15) is 24.0 Å². The maximum atomic E-state index is 14.9. The van der Waals surface area contributed by atoms with Crippen LogP contribution in [0, 0.1) is 12.7 Å². The van der Waals surface area contributed by atoms with Gasteiger partial charge in [-0.05, 0) is 61.6 Å². The molecule has 2 aromatic heterocycles. The fourth-order valence-corrected chi connectivity index (χ4v) is 5.48. The number of hydrogen-bond donors (Lipinski definition) is 2. The van der Waals surface area contributed by atoms with E-state index >= 15 is 0 Å². The highest BCUT2D eigenvalue weighted by molar-refractivity contribution is 8.03. The second kappa shape index (κ2) is 11.6. The summed E-state index contributed by atoms with van der Waals surface area (Å²) in [4.78, 5) is 23.2. The zero-order chi connectivity index (χ0) is 25.7. The monoisotopic (exact) mass is 506 g/mol. The van der Waals surface area contributed by atoms with Gasteiger partial charge >= 0.3 is 0 Å². The number of nitrogens with zero attached hydrogens (tertiary/aromatic N) is 2. The molecule has 188 valence electrons. The molecule has 1 saturated heterocycles. The van der Waals surface area contributed by atoms with Gasteiger partial charge in [0.1, 0.15) is 11.4 Å². The van der Waals surface area contributed by atoms with Gasteiger partial charge in [0.15, 0.2) is 11.6 Å². The molecule has 0 unspecified atom stereocenters. The van der Waals surface area contributed by atoms with Gasteiger partial charge < -0.3 is 20.4 Å². The summed E-state index contributed by atoms with van der Waals surface area (Å²) in [5.74, 6) is 0.0235. The van der Waals surface area contributed by atoms with E-state index in [0.29, 0.717) is 35.3 Å². The number of hydrogen-bond acceptors (Lipinski definition) is 5. The Labute approximate surface area is 215 Å². The number of ether oxygens (including phenoxy) is 1. The van der Waals surface area contributed by atoms with Crippen LogP contribution >= 0.6 is 11.8 Å². The molecule has 1 aliphatic rings. The smallest absolute Gasteiger partial charge is 0.239 e. The number of halogens is 1. The molecule has 1 aromatic carbocycles. The predicted molar refractivity (Wildman–Crippen MR) is 145 cm³/mol. The lowest BCUT2D eigenvalue weighted by molar-refractivity contribution is -0.133. The Morgan fingerprint density at radius 2 is 2.11 bits per heavy atom. The summed E-state index contributed by atoms with van der Waals surface area (Å²) >= 11 is 1.76. The zero-order valence-corrected chi connectivity index (χ0v) is 21.2. The zero-order valence-electron chi connectivity index (χ0n) is 20.4. The Morgan fingerprint density at radius 1 is 1.33 bits per heavy atom. The van der Waals surface area contributed by atoms with Gasteiger partial charge in [0.2, 0.25) is 5.91 Å². The van der Waals surface area contributed by atoms with E-state index in [-0.39, 0.29) is 18.1 Å². The lowest BCUT2D eigenvalue weighted by Crippen LogP contribution is -2.48. The van der Waals surface area contributed by atoms with Gasteiger partial charge in [-0.15, -0.1) is 11.8 Å². The first-order valence-corrected chi connectivity index (χ1v) is 12.8. The van der Waals surface area contributed by atoms with Crippen molar-refractivity contribution in [1.82, 2.24) is 14.9 Å². The van der Waals surface area contributed by atoms with Crippen LogP contribution in [0.4, 0.5) is 4.39 Å². The number of piperidine rings is 1. The predicted octanol–water partition coefficient (Wildman–Crippen LogP) is 5.65. The van der Waals surface area contributed by atoms with E-state index in [1.807, 2.05) is 30.2 Å². The Bertz CT molecular complexity index is 1290. The number of amides is 1. The topological polar surface area (TPSA) is 84.2 Å². The molecule has 6 nitrogen and oxygen atoms in total. The molecule has 0 saturated carbocycles. The lowest BCUT2D eigenvalue weighted by atomic mass is 10.0. The second-order valence-electron chi connectivity index (χ2n) is 8.83. The highest BCUT2D eigenvalue weighted by Crippen LogP contribution is 2.33. The van der Waals surface area contributed by atoms with E-state index in [2.05, 4.69) is 23.1 Å². The molecular formula is C28H31FN4O2S. The maximum Gasteiger partial charge on any atom is 0.239 e. The minimum Gasteiger partial charge on any atom is -0.453 e. The van der Waals surface area contributed by atoms with Crippen LogP contribution < -0.4 is 10.5 Å². The van der Waals surface area contributed by atoms with Crippen molar-refractivity contribution in [3.8, 4) is 11.5 Å². The standard InChI is InChI=1S/C28H31FN4O2S/c1-4-6-20(5-2)36-21-10-13-33(14-11-21)28(34)23(30)16-19-7-8-24(22(29)15-19)35-25-9-12-31-27-26(25)18(3)17-32-27/h4-9,12,15,17,21,23H,1-2,10-11,13-14,16,30H2,3H3,(H,31,32)/b20-6+/t23-/m0/s1. The van der Waals surface area contributed by atoms with Crippen molar-refractivity contribution in [1.29, 1.82) is 0 Å². The van der Waals surface area contributed by atoms with Gasteiger partial charge in [-0.3, -0.25) is 4.79 Å². The molecule has 0 spiro atoms. The molecule has 0 bridgehead atoms. The van der Waals surface area contributed by atoms with Gasteiger partial charge in [-0.25, -0.2) is 9.37 Å². The molecule has 8 heteroatoms. The van der Waals surface area contributed by atoms with Gasteiger partial charge in [-0.1, -0.05) is 31.4 Å². The lowest BCUT2D eigenvalue weighted by Gasteiger charge is -2.33. The minimum absolute atomic E-state index is 0.105. The van der Waals surface area contributed by atoms with Crippen molar-refractivity contribution < 1.29 is 13.9 Å². The molecular weight excluding hydrogens is 475 g/mol. The number of H-pyrrole nitrogens is 1. The number of likely N-dealkylation sites (tertiary alicyclic amines) is 1. The van der Waals surface area contributed by atoms with Crippen molar-refractivity contribution in [2.24, 2.45) is 5.73 Å². The normalized spacial score (nSPS) is 15.6. The third-order valence-corrected chi connectivity index (χ3v) is 7.64. The van der Waals surface area contributed by atoms with E-state index in [0.717, 1.165) is 28.7 Å². The van der Waals surface area contributed by atoms with Crippen LogP contribution in [-0.4, -0.2) is 45.2 Å². The molecule has 3 N–H and O–H groups in total. The SMILES string of the molecule is C=C/C=C(\C=C)SC1CCN(C(=O)[C@@H](N)Cc2ccc(Oc3ccnc4[nH]cc(C)c34)c(F)c2)CC1. The fourth-order valence-electron chi connectivity index (χ4n) is 4.37. The van der Waals surface area contributed by atoms with Crippen molar-refractivity contribution in [3.63, 3.8) is 0 Å². The van der Waals surface area contributed by atoms with Crippen molar-refractivity contribution in [2.75, 3.05) is 13.1 Å². The Hall–Kier alpha value is -3.36. The largest absolute Gasteiger partial charge is 0.453 e. The van der Waals surface area contributed by atoms with Gasteiger partial charge in [-0.2, -0.15) is 0 Å². The Balaban J connectivity index is 1.34. The number of allylic oxidation sites excluding steroid dienone is 3. The summed E-state index contributed by atoms with van der Waals surface area (Å²) in [6.45, 7) is 10.8. The van der Waals surface area contributed by atoms with Crippen LogP contribution in [0.25, 0.3) is 11.0 Å². The molecule has 36 heavy (non-hydrogen) atoms. The molecule has 3 heterocycles. The Kier molecular flexibility index (Phi) is 8.28. The van der Waals surface area contributed by atoms with Crippen LogP contribution in [0.15, 0.2) is 73.0 Å². The van der Waals surface area contributed by atoms with E-state index < -0.39 is 11.9 Å². The quantitative estimate of drug-likeness (QED) is 0.366. The van der Waals surface area contributed by atoms with Gasteiger partial charge in [0, 0.05) is 35.6 Å². The number of benzene rings is 1. The summed E-state index contributed by atoms with van der Waals surface area (Å²) in [5, 5.41) is 1.24. The number of aromatic nitrogens is 2. The van der Waals surface area contributed by atoms with E-state index in [1.165, 1.54) is 6.07 Å². The van der Waals surface area contributed by atoms with E-state index in [4.69, 9.17) is 10.5 Å². The third kappa shape index (κ3) is 5.88. The summed E-state index contributed by atoms with van der Waals surface area (Å²) in [6, 6.07) is 5.69. The molecule has 0 aliphatic carbocycles. The number of nitrogens with one attached hydrogen (secondary N) is 1. The van der Waals surface area contributed by atoms with Crippen LogP contribution in [-0.2, 0) is 11.2 Å². The number of nitrogens with two attached hydrogens (primary N) is 1. The van der Waals surface area contributed by atoms with Crippen molar-refractivity contribution >= 4 is 28.7 Å². The number of fused-ring (bicyclic) bond motifs is 1. The molecule has 3 aromatic rings. The van der Waals surface area contributed by atoms with E-state index in [1.54, 1.807) is 42.2 Å². The summed E-state index contributed by atoms with van der Waals surface area (Å²) in [5.41, 5.74) is 8.54. The fraction of sp³-hybridized carbons (Fsp3) is 0.286. The van der Waals surface area contributed by atoms with Crippen molar-refractivity contribution in [2.45, 2.75) is 37.5 Å². The molecule has 1 atom stereocenters. The first-order chi connectivity index (χ1) is 17.4. The number of pyridine rings is 1. The highest BCUT2D eigenvalue weighted by atomic mass is 32.2. The number of carbonyl (C=O) groups is 1. The third-order valence-electron chi connectivity index (χ3n) is 6.26. The summed E-state index contributed by atoms with van der Waals surface area (Å²) in [6.07, 6.45) is 11.0. The first-order valence-electron chi connectivity index (χ1n) is 11.9. The molecule has 1 fully saturated rings. The van der Waals surface area contributed by atoms with Crippen LogP contribution in [0.3, 0.4) is 0 Å². The minimum atomic E-state index is -0.730. The summed E-state index contributed by atoms with van der Waals surface area (Å²) in [7, 11) is 0. The number of rotatable bonds is 9. The molecule has 1 aliphatic heterocycles. The summed E-state index contributed by atoms with van der Waals surface area (Å²) < 4.78 is 20.8. The number of aromatic amines is 1. The Morgan fingerprint density at radius 3 is 2.81 bits per heavy atom. The average molecular weight is 507 g/mol. The number of aryl methyl sites for hydroxylation is 1. The maximum absolute atomic E-state index is 14.9. The van der Waals surface area contributed by atoms with Gasteiger partial charge in [0.25, 0.3) is 0 Å². The first kappa shape index (κ1) is 25.7. The van der Waals surface area contributed by atoms with Crippen molar-refractivity contribution in [3.05, 3.63) is 89.9 Å². The average Bonchev–Trinajstić information content (AvgIpc) is 3.27. The molecule has 1 amide bonds.